The van der Waals surface area contributed by atoms with E-state index in [2.05, 4.69) is 31.0 Å². The Morgan fingerprint density at radius 2 is 2.06 bits per heavy atom. The lowest BCUT2D eigenvalue weighted by Gasteiger charge is -2.40. The molecule has 1 saturated carbocycles. The minimum Gasteiger partial charge on any atom is -0.309 e. The van der Waals surface area contributed by atoms with Crippen LogP contribution in [-0.4, -0.2) is 42.5 Å². The number of hydrogen-bond acceptors (Lipinski definition) is 2. The van der Waals surface area contributed by atoms with Gasteiger partial charge >= 0.3 is 0 Å². The molecule has 0 radical (unpaired) electrons. The van der Waals surface area contributed by atoms with E-state index in [9.17, 15) is 0 Å². The number of nitrogens with zero attached hydrogens (tertiary/aromatic N) is 1. The molecular weight excluding hydrogens is 232 g/mol. The Hall–Kier alpha value is 0.210. The summed E-state index contributed by atoms with van der Waals surface area (Å²) in [6.45, 7) is 11.3. The van der Waals surface area contributed by atoms with Crippen LogP contribution in [0.15, 0.2) is 0 Å². The van der Waals surface area contributed by atoms with Crippen molar-refractivity contribution in [2.24, 2.45) is 5.92 Å². The van der Waals surface area contributed by atoms with Gasteiger partial charge in [-0.1, -0.05) is 33.6 Å². The van der Waals surface area contributed by atoms with Gasteiger partial charge in [0.15, 0.2) is 0 Å². The average molecular weight is 261 g/mol. The zero-order chi connectivity index (χ0) is 12.7. The smallest absolute Gasteiger partial charge is 0.0406 e. The topological polar surface area (TPSA) is 15.3 Å². The Kier molecular flexibility index (Phi) is 6.83. The lowest BCUT2D eigenvalue weighted by molar-refractivity contribution is 0.197. The summed E-state index contributed by atoms with van der Waals surface area (Å²) >= 11 is 6.21. The highest BCUT2D eigenvalue weighted by Gasteiger charge is 2.33. The zero-order valence-corrected chi connectivity index (χ0v) is 12.5. The average Bonchev–Trinajstić information content (AvgIpc) is 2.35. The van der Waals surface area contributed by atoms with Crippen LogP contribution in [0.25, 0.3) is 0 Å². The van der Waals surface area contributed by atoms with Gasteiger partial charge in [-0.15, -0.1) is 11.6 Å². The molecule has 2 atom stereocenters. The van der Waals surface area contributed by atoms with E-state index >= 15 is 0 Å². The molecule has 0 aliphatic heterocycles. The molecule has 2 nitrogen and oxygen atoms in total. The molecule has 0 aromatic rings. The van der Waals surface area contributed by atoms with Crippen molar-refractivity contribution in [3.63, 3.8) is 0 Å². The van der Waals surface area contributed by atoms with Crippen LogP contribution < -0.4 is 5.32 Å². The maximum atomic E-state index is 6.21. The minimum atomic E-state index is 0.215. The summed E-state index contributed by atoms with van der Waals surface area (Å²) in [7, 11) is 0. The van der Waals surface area contributed by atoms with Crippen molar-refractivity contribution in [1.82, 2.24) is 10.2 Å². The van der Waals surface area contributed by atoms with E-state index in [1.54, 1.807) is 0 Å². The van der Waals surface area contributed by atoms with E-state index in [1.807, 2.05) is 0 Å². The molecule has 0 bridgehead atoms. The van der Waals surface area contributed by atoms with Crippen molar-refractivity contribution in [3.05, 3.63) is 0 Å². The fraction of sp³-hybridized carbons (Fsp3) is 1.00. The first-order valence-corrected chi connectivity index (χ1v) is 7.72. The Morgan fingerprint density at radius 3 is 2.59 bits per heavy atom. The summed E-state index contributed by atoms with van der Waals surface area (Å²) in [6, 6.07) is 0. The van der Waals surface area contributed by atoms with Gasteiger partial charge in [0.2, 0.25) is 0 Å². The Morgan fingerprint density at radius 1 is 1.35 bits per heavy atom. The van der Waals surface area contributed by atoms with Crippen LogP contribution in [0.2, 0.25) is 0 Å². The first-order valence-electron chi connectivity index (χ1n) is 7.19. The molecule has 1 aliphatic carbocycles. The summed E-state index contributed by atoms with van der Waals surface area (Å²) in [5, 5.41) is 3.74. The molecule has 0 heterocycles. The standard InChI is InChI=1S/C14H29ClN2/c1-4-17(5-2)10-9-16-14(12-15)8-6-7-13(3)11-14/h13,16H,4-12H2,1-3H3. The number of halogens is 1. The molecule has 0 aromatic carbocycles. The summed E-state index contributed by atoms with van der Waals surface area (Å²) in [5.41, 5.74) is 0.215. The van der Waals surface area contributed by atoms with Crippen molar-refractivity contribution >= 4 is 11.6 Å². The van der Waals surface area contributed by atoms with Gasteiger partial charge in [0.25, 0.3) is 0 Å². The number of hydrogen-bond donors (Lipinski definition) is 1. The Bertz CT molecular complexity index is 206. The van der Waals surface area contributed by atoms with E-state index in [0.29, 0.717) is 0 Å². The number of likely N-dealkylation sites (N-methyl/N-ethyl adjacent to an activating group) is 1. The van der Waals surface area contributed by atoms with Crippen molar-refractivity contribution in [2.75, 3.05) is 32.1 Å². The zero-order valence-electron chi connectivity index (χ0n) is 11.8. The Labute approximate surface area is 112 Å². The minimum absolute atomic E-state index is 0.215. The number of alkyl halides is 1. The van der Waals surface area contributed by atoms with Gasteiger partial charge < -0.3 is 10.2 Å². The second kappa shape index (κ2) is 7.60. The maximum absolute atomic E-state index is 6.21. The molecule has 3 heteroatoms. The van der Waals surface area contributed by atoms with Crippen LogP contribution in [0.3, 0.4) is 0 Å². The van der Waals surface area contributed by atoms with E-state index in [1.165, 1.54) is 25.7 Å². The lowest BCUT2D eigenvalue weighted by Crippen LogP contribution is -2.52. The van der Waals surface area contributed by atoms with Crippen molar-refractivity contribution in [3.8, 4) is 0 Å². The predicted octanol–water partition coefficient (Wildman–Crippen LogP) is 3.11. The molecule has 2 unspecified atom stereocenters. The van der Waals surface area contributed by atoms with Crippen LogP contribution in [0.5, 0.6) is 0 Å². The van der Waals surface area contributed by atoms with Crippen LogP contribution in [0.1, 0.15) is 46.5 Å². The molecule has 1 fully saturated rings. The van der Waals surface area contributed by atoms with Crippen molar-refractivity contribution < 1.29 is 0 Å². The van der Waals surface area contributed by atoms with Gasteiger partial charge in [0.1, 0.15) is 0 Å². The monoisotopic (exact) mass is 260 g/mol. The highest BCUT2D eigenvalue weighted by molar-refractivity contribution is 6.18. The molecule has 1 aliphatic rings. The molecule has 1 N–H and O–H groups in total. The lowest BCUT2D eigenvalue weighted by atomic mass is 9.77. The van der Waals surface area contributed by atoms with Gasteiger partial charge in [0, 0.05) is 24.5 Å². The molecule has 102 valence electrons. The first-order chi connectivity index (χ1) is 8.15. The highest BCUT2D eigenvalue weighted by atomic mass is 35.5. The largest absolute Gasteiger partial charge is 0.309 e. The molecule has 17 heavy (non-hydrogen) atoms. The van der Waals surface area contributed by atoms with Crippen LogP contribution in [0.4, 0.5) is 0 Å². The summed E-state index contributed by atoms with van der Waals surface area (Å²) in [5.74, 6) is 1.58. The molecule has 0 aromatic heterocycles. The van der Waals surface area contributed by atoms with Crippen molar-refractivity contribution in [1.29, 1.82) is 0 Å². The van der Waals surface area contributed by atoms with Gasteiger partial charge in [-0.3, -0.25) is 0 Å². The van der Waals surface area contributed by atoms with Crippen LogP contribution >= 0.6 is 11.6 Å². The SMILES string of the molecule is CCN(CC)CCNC1(CCl)CCCC(C)C1. The number of nitrogens with one attached hydrogen (secondary N) is 1. The fourth-order valence-corrected chi connectivity index (χ4v) is 3.35. The maximum Gasteiger partial charge on any atom is 0.0406 e. The highest BCUT2D eigenvalue weighted by Crippen LogP contribution is 2.32. The van der Waals surface area contributed by atoms with Crippen molar-refractivity contribution in [2.45, 2.75) is 52.0 Å². The van der Waals surface area contributed by atoms with E-state index in [-0.39, 0.29) is 5.54 Å². The summed E-state index contributed by atoms with van der Waals surface area (Å²) in [6.07, 6.45) is 5.19. The molecule has 0 saturated heterocycles. The van der Waals surface area contributed by atoms with Crippen LogP contribution in [-0.2, 0) is 0 Å². The molecule has 1 rings (SSSR count). The normalized spacial score (nSPS) is 29.8. The van der Waals surface area contributed by atoms with Crippen LogP contribution in [0, 0.1) is 5.92 Å². The third-order valence-corrected chi connectivity index (χ3v) is 4.68. The quantitative estimate of drug-likeness (QED) is 0.708. The van der Waals surface area contributed by atoms with Gasteiger partial charge in [-0.05, 0) is 31.8 Å². The fourth-order valence-electron chi connectivity index (χ4n) is 3.01. The number of rotatable bonds is 7. The third kappa shape index (κ3) is 4.76. The van der Waals surface area contributed by atoms with E-state index < -0.39 is 0 Å². The van der Waals surface area contributed by atoms with Gasteiger partial charge in [0.05, 0.1) is 0 Å². The second-order valence-corrected chi connectivity index (χ2v) is 5.84. The molecule has 0 spiro atoms. The second-order valence-electron chi connectivity index (χ2n) is 5.57. The van der Waals surface area contributed by atoms with E-state index in [0.717, 1.165) is 38.0 Å². The van der Waals surface area contributed by atoms with E-state index in [4.69, 9.17) is 11.6 Å². The third-order valence-electron chi connectivity index (χ3n) is 4.17. The summed E-state index contributed by atoms with van der Waals surface area (Å²) in [4.78, 5) is 2.46. The summed E-state index contributed by atoms with van der Waals surface area (Å²) < 4.78 is 0. The van der Waals surface area contributed by atoms with Gasteiger partial charge in [-0.2, -0.15) is 0 Å². The molecule has 0 amide bonds. The Balaban J connectivity index is 2.35. The first kappa shape index (κ1) is 15.3. The predicted molar refractivity (Wildman–Crippen MR) is 76.9 cm³/mol. The van der Waals surface area contributed by atoms with Gasteiger partial charge in [-0.25, -0.2) is 0 Å². The molecular formula is C14H29ClN2.